The summed E-state index contributed by atoms with van der Waals surface area (Å²) in [6.45, 7) is 0.331. The molecule has 4 aromatic rings. The minimum absolute atomic E-state index is 0.0585. The summed E-state index contributed by atoms with van der Waals surface area (Å²) in [6, 6.07) is 19.9. The lowest BCUT2D eigenvalue weighted by molar-refractivity contribution is 0.102. The van der Waals surface area contributed by atoms with Gasteiger partial charge in [0.25, 0.3) is 5.91 Å². The third-order valence-electron chi connectivity index (χ3n) is 4.28. The van der Waals surface area contributed by atoms with Crippen LogP contribution in [0.25, 0.3) is 10.6 Å². The maximum absolute atomic E-state index is 14.6. The molecule has 4 nitrogen and oxygen atoms in total. The van der Waals surface area contributed by atoms with Gasteiger partial charge in [0.05, 0.1) is 5.69 Å². The molecule has 0 bridgehead atoms. The van der Waals surface area contributed by atoms with Crippen molar-refractivity contribution in [3.8, 4) is 16.3 Å². The van der Waals surface area contributed by atoms with Crippen molar-refractivity contribution < 1.29 is 18.3 Å². The number of thiazole rings is 1. The first-order valence-electron chi connectivity index (χ1n) is 9.08. The highest BCUT2D eigenvalue weighted by Gasteiger charge is 2.16. The minimum atomic E-state index is -0.564. The molecule has 0 fully saturated rings. The summed E-state index contributed by atoms with van der Waals surface area (Å²) in [7, 11) is 0. The molecule has 0 atom stereocenters. The molecular weight excluding hydrogens is 406 g/mol. The molecule has 1 heterocycles. The highest BCUT2D eigenvalue weighted by molar-refractivity contribution is 7.13. The van der Waals surface area contributed by atoms with Crippen molar-refractivity contribution in [2.45, 2.75) is 6.61 Å². The molecule has 7 heteroatoms. The molecule has 0 aliphatic rings. The second-order valence-electron chi connectivity index (χ2n) is 6.39. The van der Waals surface area contributed by atoms with Crippen LogP contribution in [0.2, 0.25) is 0 Å². The number of benzene rings is 3. The Kier molecular flexibility index (Phi) is 5.81. The average Bonchev–Trinajstić information content (AvgIpc) is 3.25. The zero-order chi connectivity index (χ0) is 20.9. The number of ether oxygens (including phenoxy) is 1. The smallest absolute Gasteiger partial charge is 0.275 e. The van der Waals surface area contributed by atoms with Gasteiger partial charge in [0.2, 0.25) is 0 Å². The molecule has 1 aromatic heterocycles. The van der Waals surface area contributed by atoms with E-state index in [1.54, 1.807) is 18.2 Å². The van der Waals surface area contributed by atoms with E-state index < -0.39 is 17.5 Å². The zero-order valence-electron chi connectivity index (χ0n) is 15.6. The standard InChI is InChI=1S/C23H16F2N2O2S/c24-18-8-4-5-9-20(18)26-22(28)21-14-30-23(27-21)17-11-10-16(12-19(17)25)29-13-15-6-2-1-3-7-15/h1-12,14H,13H2,(H,26,28). The van der Waals surface area contributed by atoms with Crippen LogP contribution in [0.15, 0.2) is 78.2 Å². The molecular formula is C23H16F2N2O2S. The molecule has 0 aliphatic carbocycles. The lowest BCUT2D eigenvalue weighted by atomic mass is 10.2. The number of anilines is 1. The first-order chi connectivity index (χ1) is 14.6. The number of rotatable bonds is 6. The van der Waals surface area contributed by atoms with Crippen molar-refractivity contribution in [2.75, 3.05) is 5.32 Å². The van der Waals surface area contributed by atoms with E-state index >= 15 is 0 Å². The Labute approximate surface area is 175 Å². The number of para-hydroxylation sites is 1. The van der Waals surface area contributed by atoms with Crippen LogP contribution < -0.4 is 10.1 Å². The molecule has 0 aliphatic heterocycles. The van der Waals surface area contributed by atoms with Crippen molar-refractivity contribution in [1.29, 1.82) is 0 Å². The number of amides is 1. The van der Waals surface area contributed by atoms with Gasteiger partial charge in [0, 0.05) is 17.0 Å². The fourth-order valence-electron chi connectivity index (χ4n) is 2.75. The van der Waals surface area contributed by atoms with Gasteiger partial charge in [-0.1, -0.05) is 42.5 Å². The maximum atomic E-state index is 14.6. The Morgan fingerprint density at radius 3 is 2.50 bits per heavy atom. The van der Waals surface area contributed by atoms with Crippen LogP contribution in [0.4, 0.5) is 14.5 Å². The number of nitrogens with one attached hydrogen (secondary N) is 1. The van der Waals surface area contributed by atoms with E-state index in [1.807, 2.05) is 30.3 Å². The molecule has 3 aromatic carbocycles. The molecule has 0 spiro atoms. The normalized spacial score (nSPS) is 10.6. The maximum Gasteiger partial charge on any atom is 0.275 e. The minimum Gasteiger partial charge on any atom is -0.489 e. The van der Waals surface area contributed by atoms with Crippen molar-refractivity contribution in [3.05, 3.63) is 101 Å². The van der Waals surface area contributed by atoms with Gasteiger partial charge in [0.1, 0.15) is 34.7 Å². The van der Waals surface area contributed by atoms with E-state index in [0.717, 1.165) is 16.9 Å². The van der Waals surface area contributed by atoms with E-state index in [4.69, 9.17) is 4.74 Å². The quantitative estimate of drug-likeness (QED) is 0.420. The van der Waals surface area contributed by atoms with Gasteiger partial charge >= 0.3 is 0 Å². The molecule has 0 unspecified atom stereocenters. The summed E-state index contributed by atoms with van der Waals surface area (Å²) >= 11 is 1.13. The Bertz CT molecular complexity index is 1180. The summed E-state index contributed by atoms with van der Waals surface area (Å²) in [5.74, 6) is -1.21. The Hall–Kier alpha value is -3.58. The van der Waals surface area contributed by atoms with E-state index in [-0.39, 0.29) is 16.9 Å². The largest absolute Gasteiger partial charge is 0.489 e. The van der Waals surface area contributed by atoms with Crippen LogP contribution in [-0.4, -0.2) is 10.9 Å². The molecule has 4 rings (SSSR count). The first-order valence-corrected chi connectivity index (χ1v) is 9.96. The topological polar surface area (TPSA) is 51.2 Å². The molecule has 30 heavy (non-hydrogen) atoms. The van der Waals surface area contributed by atoms with Crippen molar-refractivity contribution >= 4 is 22.9 Å². The number of hydrogen-bond acceptors (Lipinski definition) is 4. The van der Waals surface area contributed by atoms with Crippen LogP contribution in [0.1, 0.15) is 16.1 Å². The number of nitrogens with zero attached hydrogens (tertiary/aromatic N) is 1. The number of halogens is 2. The number of aromatic nitrogens is 1. The Balaban J connectivity index is 1.46. The second-order valence-corrected chi connectivity index (χ2v) is 7.25. The lowest BCUT2D eigenvalue weighted by Crippen LogP contribution is -2.13. The summed E-state index contributed by atoms with van der Waals surface area (Å²) in [4.78, 5) is 16.5. The lowest BCUT2D eigenvalue weighted by Gasteiger charge is -2.08. The van der Waals surface area contributed by atoms with Crippen molar-refractivity contribution in [2.24, 2.45) is 0 Å². The SMILES string of the molecule is O=C(Nc1ccccc1F)c1csc(-c2ccc(OCc3ccccc3)cc2F)n1. The molecule has 0 saturated heterocycles. The summed E-state index contributed by atoms with van der Waals surface area (Å²) < 4.78 is 33.9. The molecule has 1 amide bonds. The van der Waals surface area contributed by atoms with E-state index in [9.17, 15) is 13.6 Å². The van der Waals surface area contributed by atoms with E-state index in [1.165, 1.54) is 29.6 Å². The van der Waals surface area contributed by atoms with Gasteiger partial charge in [0.15, 0.2) is 0 Å². The monoisotopic (exact) mass is 422 g/mol. The van der Waals surface area contributed by atoms with Crippen LogP contribution in [-0.2, 0) is 6.61 Å². The Morgan fingerprint density at radius 1 is 0.967 bits per heavy atom. The van der Waals surface area contributed by atoms with Crippen LogP contribution in [0.3, 0.4) is 0 Å². The van der Waals surface area contributed by atoms with Crippen molar-refractivity contribution in [1.82, 2.24) is 4.98 Å². The molecule has 1 N–H and O–H groups in total. The predicted molar refractivity (Wildman–Crippen MR) is 113 cm³/mol. The highest BCUT2D eigenvalue weighted by atomic mass is 32.1. The fourth-order valence-corrected chi connectivity index (χ4v) is 3.58. The van der Waals surface area contributed by atoms with Gasteiger partial charge < -0.3 is 10.1 Å². The van der Waals surface area contributed by atoms with Crippen LogP contribution in [0, 0.1) is 11.6 Å². The zero-order valence-corrected chi connectivity index (χ0v) is 16.5. The van der Waals surface area contributed by atoms with Gasteiger partial charge in [-0.15, -0.1) is 11.3 Å². The van der Waals surface area contributed by atoms with Gasteiger partial charge in [-0.2, -0.15) is 0 Å². The second kappa shape index (κ2) is 8.84. The van der Waals surface area contributed by atoms with E-state index in [0.29, 0.717) is 17.4 Å². The van der Waals surface area contributed by atoms with E-state index in [2.05, 4.69) is 10.3 Å². The summed E-state index contributed by atoms with van der Waals surface area (Å²) in [5.41, 5.74) is 1.38. The van der Waals surface area contributed by atoms with Crippen molar-refractivity contribution in [3.63, 3.8) is 0 Å². The number of carbonyl (C=O) groups is 1. The molecule has 0 saturated carbocycles. The van der Waals surface area contributed by atoms with Gasteiger partial charge in [-0.25, -0.2) is 13.8 Å². The van der Waals surface area contributed by atoms with Crippen LogP contribution >= 0.6 is 11.3 Å². The number of hydrogen-bond donors (Lipinski definition) is 1. The third kappa shape index (κ3) is 4.52. The Morgan fingerprint density at radius 2 is 1.73 bits per heavy atom. The third-order valence-corrected chi connectivity index (χ3v) is 5.15. The highest BCUT2D eigenvalue weighted by Crippen LogP contribution is 2.29. The average molecular weight is 422 g/mol. The van der Waals surface area contributed by atoms with Gasteiger partial charge in [-0.3, -0.25) is 4.79 Å². The summed E-state index contributed by atoms with van der Waals surface area (Å²) in [6.07, 6.45) is 0. The number of carbonyl (C=O) groups excluding carboxylic acids is 1. The predicted octanol–water partition coefficient (Wildman–Crippen LogP) is 5.92. The summed E-state index contributed by atoms with van der Waals surface area (Å²) in [5, 5.41) is 4.32. The first kappa shape index (κ1) is 19.7. The fraction of sp³-hybridized carbons (Fsp3) is 0.0435. The molecule has 0 radical (unpaired) electrons. The van der Waals surface area contributed by atoms with Crippen LogP contribution in [0.5, 0.6) is 5.75 Å². The van der Waals surface area contributed by atoms with Gasteiger partial charge in [-0.05, 0) is 29.8 Å². The molecule has 150 valence electrons.